The molecule has 1 aliphatic rings. The molecule has 1 saturated heterocycles. The van der Waals surface area contributed by atoms with E-state index in [1.165, 1.54) is 0 Å². The summed E-state index contributed by atoms with van der Waals surface area (Å²) in [4.78, 5) is 31.3. The van der Waals surface area contributed by atoms with Gasteiger partial charge in [-0.05, 0) is 39.6 Å². The third-order valence-corrected chi connectivity index (χ3v) is 5.23. The number of halogens is 1. The SMILES string of the molecule is CC(C)(C)CC(=O)N(CC1(C)CCN(c2nnc(Br)c(N)n2)CC1)C(=O)O. The highest BCUT2D eigenvalue weighted by molar-refractivity contribution is 9.10. The molecular weight excluding hydrogens is 416 g/mol. The van der Waals surface area contributed by atoms with Crippen LogP contribution in [0.25, 0.3) is 0 Å². The van der Waals surface area contributed by atoms with Crippen molar-refractivity contribution in [3.8, 4) is 0 Å². The number of rotatable bonds is 4. The largest absolute Gasteiger partial charge is 0.465 e. The van der Waals surface area contributed by atoms with Gasteiger partial charge in [-0.2, -0.15) is 4.98 Å². The summed E-state index contributed by atoms with van der Waals surface area (Å²) >= 11 is 3.17. The molecule has 2 rings (SSSR count). The average molecular weight is 443 g/mol. The van der Waals surface area contributed by atoms with E-state index >= 15 is 0 Å². The van der Waals surface area contributed by atoms with Gasteiger partial charge in [-0.1, -0.05) is 27.7 Å². The monoisotopic (exact) mass is 442 g/mol. The van der Waals surface area contributed by atoms with Crippen LogP contribution < -0.4 is 10.6 Å². The molecule has 1 aromatic heterocycles. The van der Waals surface area contributed by atoms with Crippen LogP contribution in [0.3, 0.4) is 0 Å². The fraction of sp³-hybridized carbons (Fsp3) is 0.706. The molecule has 150 valence electrons. The smallest absolute Gasteiger partial charge is 0.414 e. The van der Waals surface area contributed by atoms with Gasteiger partial charge in [0, 0.05) is 26.1 Å². The van der Waals surface area contributed by atoms with Crippen LogP contribution in [-0.4, -0.2) is 56.8 Å². The fourth-order valence-corrected chi connectivity index (χ4v) is 3.22. The maximum atomic E-state index is 12.5. The predicted molar refractivity (Wildman–Crippen MR) is 105 cm³/mol. The lowest BCUT2D eigenvalue weighted by atomic mass is 9.79. The summed E-state index contributed by atoms with van der Waals surface area (Å²) in [6, 6.07) is 0. The van der Waals surface area contributed by atoms with Crippen molar-refractivity contribution in [2.75, 3.05) is 30.3 Å². The molecule has 3 N–H and O–H groups in total. The second-order valence-corrected chi connectivity index (χ2v) is 9.34. The molecule has 0 aliphatic carbocycles. The molecule has 0 aromatic carbocycles. The number of aromatic nitrogens is 3. The normalized spacial score (nSPS) is 16.9. The minimum absolute atomic E-state index is 0.187. The first-order valence-corrected chi connectivity index (χ1v) is 9.63. The summed E-state index contributed by atoms with van der Waals surface area (Å²) in [6.07, 6.45) is 0.415. The number of nitrogens with zero attached hydrogens (tertiary/aromatic N) is 5. The number of piperidine rings is 1. The maximum Gasteiger partial charge on any atom is 0.414 e. The summed E-state index contributed by atoms with van der Waals surface area (Å²) in [7, 11) is 0. The van der Waals surface area contributed by atoms with Crippen LogP contribution in [0.5, 0.6) is 0 Å². The third kappa shape index (κ3) is 5.75. The van der Waals surface area contributed by atoms with E-state index in [-0.39, 0.29) is 35.5 Å². The lowest BCUT2D eigenvalue weighted by Gasteiger charge is -2.41. The van der Waals surface area contributed by atoms with Crippen LogP contribution in [0.2, 0.25) is 0 Å². The third-order valence-electron chi connectivity index (χ3n) is 4.67. The molecule has 2 heterocycles. The molecule has 0 saturated carbocycles. The van der Waals surface area contributed by atoms with Crippen LogP contribution >= 0.6 is 15.9 Å². The molecule has 0 unspecified atom stereocenters. The van der Waals surface area contributed by atoms with Crippen molar-refractivity contribution < 1.29 is 14.7 Å². The van der Waals surface area contributed by atoms with E-state index in [4.69, 9.17) is 5.73 Å². The number of carboxylic acid groups (broad SMARTS) is 1. The Bertz CT molecular complexity index is 713. The number of hydrogen-bond donors (Lipinski definition) is 2. The van der Waals surface area contributed by atoms with Crippen molar-refractivity contribution in [3.05, 3.63) is 4.60 Å². The number of imide groups is 1. The van der Waals surface area contributed by atoms with Crippen molar-refractivity contribution in [1.82, 2.24) is 20.1 Å². The first-order chi connectivity index (χ1) is 12.4. The van der Waals surface area contributed by atoms with E-state index in [1.807, 2.05) is 32.6 Å². The Morgan fingerprint density at radius 2 is 1.89 bits per heavy atom. The lowest BCUT2D eigenvalue weighted by Crippen LogP contribution is -2.49. The summed E-state index contributed by atoms with van der Waals surface area (Å²) in [5.74, 6) is 0.377. The van der Waals surface area contributed by atoms with E-state index in [0.29, 0.717) is 36.5 Å². The van der Waals surface area contributed by atoms with Crippen molar-refractivity contribution in [2.45, 2.75) is 47.0 Å². The number of hydrogen-bond acceptors (Lipinski definition) is 7. The molecule has 1 fully saturated rings. The fourth-order valence-electron chi connectivity index (χ4n) is 3.05. The van der Waals surface area contributed by atoms with E-state index < -0.39 is 6.09 Å². The molecule has 9 nitrogen and oxygen atoms in total. The number of carbonyl (C=O) groups excluding carboxylic acids is 1. The van der Waals surface area contributed by atoms with Gasteiger partial charge in [0.25, 0.3) is 0 Å². The highest BCUT2D eigenvalue weighted by atomic mass is 79.9. The van der Waals surface area contributed by atoms with Gasteiger partial charge in [-0.3, -0.25) is 4.79 Å². The summed E-state index contributed by atoms with van der Waals surface area (Å²) in [6.45, 7) is 9.24. The van der Waals surface area contributed by atoms with Crippen molar-refractivity contribution in [3.63, 3.8) is 0 Å². The van der Waals surface area contributed by atoms with Gasteiger partial charge in [0.15, 0.2) is 10.4 Å². The van der Waals surface area contributed by atoms with Crippen molar-refractivity contribution >= 4 is 39.7 Å². The maximum absolute atomic E-state index is 12.5. The van der Waals surface area contributed by atoms with Gasteiger partial charge >= 0.3 is 6.09 Å². The minimum atomic E-state index is -1.19. The number of nitrogens with two attached hydrogens (primary N) is 1. The standard InChI is InChI=1S/C17H27BrN6O3/c1-16(2,3)9-11(25)24(15(26)27)10-17(4)5-7-23(8-6-17)14-20-13(19)12(18)21-22-14/h5-10H2,1-4H3,(H,26,27)(H2,19,20,22). The Morgan fingerprint density at radius 3 is 2.37 bits per heavy atom. The zero-order valence-corrected chi connectivity index (χ0v) is 17.8. The molecule has 0 radical (unpaired) electrons. The quantitative estimate of drug-likeness (QED) is 0.728. The molecule has 10 heteroatoms. The number of nitrogen functional groups attached to an aromatic ring is 1. The van der Waals surface area contributed by atoms with E-state index in [9.17, 15) is 14.7 Å². The van der Waals surface area contributed by atoms with Gasteiger partial charge in [0.2, 0.25) is 11.9 Å². The minimum Gasteiger partial charge on any atom is -0.465 e. The molecular formula is C17H27BrN6O3. The van der Waals surface area contributed by atoms with Crippen LogP contribution in [0.1, 0.15) is 47.0 Å². The number of carbonyl (C=O) groups is 2. The Balaban J connectivity index is 2.03. The number of anilines is 2. The van der Waals surface area contributed by atoms with Gasteiger partial charge < -0.3 is 15.7 Å². The predicted octanol–water partition coefficient (Wildman–Crippen LogP) is 2.77. The van der Waals surface area contributed by atoms with Gasteiger partial charge in [-0.15, -0.1) is 10.2 Å². The Labute approximate surface area is 167 Å². The van der Waals surface area contributed by atoms with Crippen molar-refractivity contribution in [1.29, 1.82) is 0 Å². The van der Waals surface area contributed by atoms with E-state index in [0.717, 1.165) is 4.90 Å². The molecule has 0 bridgehead atoms. The number of amides is 2. The lowest BCUT2D eigenvalue weighted by molar-refractivity contribution is -0.132. The molecule has 0 atom stereocenters. The van der Waals surface area contributed by atoms with Gasteiger partial charge in [0.1, 0.15) is 0 Å². The summed E-state index contributed by atoms with van der Waals surface area (Å²) in [5.41, 5.74) is 5.21. The molecule has 0 spiro atoms. The Morgan fingerprint density at radius 1 is 1.30 bits per heavy atom. The average Bonchev–Trinajstić information content (AvgIpc) is 2.54. The van der Waals surface area contributed by atoms with Crippen LogP contribution in [0, 0.1) is 10.8 Å². The Kier molecular flexibility index (Phi) is 6.28. The zero-order valence-electron chi connectivity index (χ0n) is 16.2. The van der Waals surface area contributed by atoms with Crippen molar-refractivity contribution in [2.24, 2.45) is 10.8 Å². The second kappa shape index (κ2) is 7.95. The van der Waals surface area contributed by atoms with Gasteiger partial charge in [-0.25, -0.2) is 9.69 Å². The highest BCUT2D eigenvalue weighted by Gasteiger charge is 2.37. The topological polar surface area (TPSA) is 126 Å². The molecule has 27 heavy (non-hydrogen) atoms. The molecule has 2 amide bonds. The van der Waals surface area contributed by atoms with Gasteiger partial charge in [0.05, 0.1) is 0 Å². The van der Waals surface area contributed by atoms with E-state index in [2.05, 4.69) is 31.1 Å². The second-order valence-electron chi connectivity index (χ2n) is 8.59. The van der Waals surface area contributed by atoms with Crippen LogP contribution in [0.15, 0.2) is 4.60 Å². The van der Waals surface area contributed by atoms with E-state index in [1.54, 1.807) is 0 Å². The first kappa shape index (κ1) is 21.3. The summed E-state index contributed by atoms with van der Waals surface area (Å²) < 4.78 is 0.405. The zero-order chi connectivity index (χ0) is 20.4. The first-order valence-electron chi connectivity index (χ1n) is 8.84. The van der Waals surface area contributed by atoms with Crippen LogP contribution in [0.4, 0.5) is 16.6 Å². The molecule has 1 aromatic rings. The highest BCUT2D eigenvalue weighted by Crippen LogP contribution is 2.34. The summed E-state index contributed by atoms with van der Waals surface area (Å²) in [5, 5.41) is 17.5. The molecule has 1 aliphatic heterocycles. The van der Waals surface area contributed by atoms with Crippen LogP contribution in [-0.2, 0) is 4.79 Å². The Hall–Kier alpha value is -1.97.